The quantitative estimate of drug-likeness (QED) is 0.600. The first kappa shape index (κ1) is 13.8. The molecule has 0 N–H and O–H groups in total. The summed E-state index contributed by atoms with van der Waals surface area (Å²) >= 11 is 3.64. The molecule has 0 saturated heterocycles. The van der Waals surface area contributed by atoms with Crippen molar-refractivity contribution in [1.29, 1.82) is 0 Å². The van der Waals surface area contributed by atoms with E-state index in [0.29, 0.717) is 0 Å². The minimum atomic E-state index is 0.733. The highest BCUT2D eigenvalue weighted by molar-refractivity contribution is 9.10. The fourth-order valence-electron chi connectivity index (χ4n) is 2.40. The van der Waals surface area contributed by atoms with Crippen LogP contribution in [0.4, 0.5) is 0 Å². The van der Waals surface area contributed by atoms with Crippen LogP contribution in [0.5, 0.6) is 0 Å². The monoisotopic (exact) mass is 338 g/mol. The number of halogens is 1. The van der Waals surface area contributed by atoms with Crippen LogP contribution in [-0.4, -0.2) is 9.55 Å². The Morgan fingerprint density at radius 3 is 2.48 bits per heavy atom. The summed E-state index contributed by atoms with van der Waals surface area (Å²) in [7, 11) is 0. The maximum atomic E-state index is 4.62. The van der Waals surface area contributed by atoms with Crippen molar-refractivity contribution in [2.24, 2.45) is 0 Å². The van der Waals surface area contributed by atoms with Crippen molar-refractivity contribution in [2.45, 2.75) is 6.54 Å². The average molecular weight is 339 g/mol. The molecule has 104 valence electrons. The average Bonchev–Trinajstić information content (AvgIpc) is 2.93. The lowest BCUT2D eigenvalue weighted by atomic mass is 10.0. The van der Waals surface area contributed by atoms with Crippen molar-refractivity contribution >= 4 is 15.9 Å². The minimum Gasteiger partial charge on any atom is -0.326 e. The molecule has 2 nitrogen and oxygen atoms in total. The molecule has 0 bridgehead atoms. The molecule has 3 heteroatoms. The van der Waals surface area contributed by atoms with Gasteiger partial charge in [0.2, 0.25) is 0 Å². The second-order valence-corrected chi connectivity index (χ2v) is 5.58. The van der Waals surface area contributed by atoms with Crippen LogP contribution in [0.2, 0.25) is 0 Å². The Morgan fingerprint density at radius 2 is 1.76 bits per heavy atom. The molecule has 0 unspecified atom stereocenters. The number of nitrogens with zero attached hydrogens (tertiary/aromatic N) is 2. The van der Waals surface area contributed by atoms with Crippen LogP contribution in [0.3, 0.4) is 0 Å². The van der Waals surface area contributed by atoms with Crippen LogP contribution in [-0.2, 0) is 6.54 Å². The fraction of sp³-hybridized carbons (Fsp3) is 0.0556. The van der Waals surface area contributed by atoms with Gasteiger partial charge in [0, 0.05) is 22.1 Å². The van der Waals surface area contributed by atoms with Crippen LogP contribution in [0.15, 0.2) is 78.1 Å². The van der Waals surface area contributed by atoms with Gasteiger partial charge < -0.3 is 4.57 Å². The molecular formula is C18H15BrN2. The van der Waals surface area contributed by atoms with Gasteiger partial charge in [0.25, 0.3) is 0 Å². The second kappa shape index (κ2) is 6.10. The van der Waals surface area contributed by atoms with E-state index in [4.69, 9.17) is 0 Å². The normalized spacial score (nSPS) is 10.5. The number of imidazole rings is 1. The van der Waals surface area contributed by atoms with Crippen LogP contribution < -0.4 is 0 Å². The van der Waals surface area contributed by atoms with E-state index in [0.717, 1.165) is 33.5 Å². The Balaban J connectivity index is 2.24. The number of aromatic nitrogens is 2. The van der Waals surface area contributed by atoms with Gasteiger partial charge in [-0.2, -0.15) is 0 Å². The Bertz CT molecular complexity index is 760. The molecule has 1 aromatic heterocycles. The van der Waals surface area contributed by atoms with Gasteiger partial charge >= 0.3 is 0 Å². The summed E-state index contributed by atoms with van der Waals surface area (Å²) in [5.74, 6) is 0. The zero-order chi connectivity index (χ0) is 14.7. The number of allylic oxidation sites excluding steroid dienone is 1. The van der Waals surface area contributed by atoms with Crippen molar-refractivity contribution < 1.29 is 0 Å². The van der Waals surface area contributed by atoms with E-state index in [1.165, 1.54) is 0 Å². The lowest BCUT2D eigenvalue weighted by Crippen LogP contribution is -1.97. The van der Waals surface area contributed by atoms with Gasteiger partial charge in [-0.3, -0.25) is 0 Å². The highest BCUT2D eigenvalue weighted by Gasteiger charge is 2.16. The summed E-state index contributed by atoms with van der Waals surface area (Å²) in [6.07, 6.45) is 3.76. The predicted molar refractivity (Wildman–Crippen MR) is 91.0 cm³/mol. The molecule has 0 aliphatic heterocycles. The zero-order valence-electron chi connectivity index (χ0n) is 11.5. The van der Waals surface area contributed by atoms with E-state index in [9.17, 15) is 0 Å². The van der Waals surface area contributed by atoms with E-state index in [-0.39, 0.29) is 0 Å². The molecule has 21 heavy (non-hydrogen) atoms. The van der Waals surface area contributed by atoms with E-state index in [1.54, 1.807) is 0 Å². The Labute approximate surface area is 132 Å². The first-order valence-electron chi connectivity index (χ1n) is 6.77. The van der Waals surface area contributed by atoms with Crippen LogP contribution in [0.1, 0.15) is 0 Å². The summed E-state index contributed by atoms with van der Waals surface area (Å²) in [6.45, 7) is 4.57. The fourth-order valence-corrected chi connectivity index (χ4v) is 2.88. The molecule has 0 saturated carbocycles. The van der Waals surface area contributed by atoms with Crippen molar-refractivity contribution in [1.82, 2.24) is 9.55 Å². The van der Waals surface area contributed by atoms with Crippen LogP contribution in [0.25, 0.3) is 22.5 Å². The number of benzene rings is 2. The maximum absolute atomic E-state index is 4.62. The molecule has 0 aliphatic rings. The summed E-state index contributed by atoms with van der Waals surface area (Å²) in [6, 6.07) is 18.5. The van der Waals surface area contributed by atoms with Crippen LogP contribution in [0, 0.1) is 0 Å². The number of hydrogen-bond donors (Lipinski definition) is 0. The topological polar surface area (TPSA) is 17.8 Å². The van der Waals surface area contributed by atoms with Crippen molar-refractivity contribution in [3.8, 4) is 22.5 Å². The largest absolute Gasteiger partial charge is 0.326 e. The first-order chi connectivity index (χ1) is 10.3. The van der Waals surface area contributed by atoms with E-state index in [2.05, 4.69) is 56.3 Å². The third-order valence-electron chi connectivity index (χ3n) is 3.34. The summed E-state index contributed by atoms with van der Waals surface area (Å²) < 4.78 is 3.18. The van der Waals surface area contributed by atoms with Crippen molar-refractivity contribution in [3.63, 3.8) is 0 Å². The molecule has 0 spiro atoms. The Morgan fingerprint density at radius 1 is 1.05 bits per heavy atom. The molecule has 0 amide bonds. The number of hydrogen-bond acceptors (Lipinski definition) is 1. The van der Waals surface area contributed by atoms with Crippen molar-refractivity contribution in [3.05, 3.63) is 78.1 Å². The lowest BCUT2D eigenvalue weighted by Gasteiger charge is -2.10. The zero-order valence-corrected chi connectivity index (χ0v) is 13.1. The van der Waals surface area contributed by atoms with Crippen molar-refractivity contribution in [2.75, 3.05) is 0 Å². The molecule has 2 aromatic carbocycles. The van der Waals surface area contributed by atoms with E-state index >= 15 is 0 Å². The molecule has 3 rings (SSSR count). The minimum absolute atomic E-state index is 0.733. The second-order valence-electron chi connectivity index (χ2n) is 4.73. The first-order valence-corrected chi connectivity index (χ1v) is 7.57. The van der Waals surface area contributed by atoms with Gasteiger partial charge in [-0.25, -0.2) is 4.98 Å². The van der Waals surface area contributed by atoms with Gasteiger partial charge in [0.05, 0.1) is 17.7 Å². The lowest BCUT2D eigenvalue weighted by molar-refractivity contribution is 0.829. The summed E-state index contributed by atoms with van der Waals surface area (Å²) in [5.41, 5.74) is 4.35. The molecule has 3 aromatic rings. The highest BCUT2D eigenvalue weighted by atomic mass is 79.9. The van der Waals surface area contributed by atoms with Gasteiger partial charge in [0.15, 0.2) is 0 Å². The summed E-state index contributed by atoms with van der Waals surface area (Å²) in [5, 5.41) is 0. The number of rotatable bonds is 4. The molecule has 0 atom stereocenters. The standard InChI is InChI=1S/C18H15BrN2/c1-2-12-21-13-20-17(14-8-4-3-5-9-14)18(21)15-10-6-7-11-16(15)19/h2-11,13H,1,12H2. The molecule has 0 fully saturated rings. The summed E-state index contributed by atoms with van der Waals surface area (Å²) in [4.78, 5) is 4.62. The SMILES string of the molecule is C=CCn1cnc(-c2ccccc2)c1-c1ccccc1Br. The van der Waals surface area contributed by atoms with E-state index < -0.39 is 0 Å². The van der Waals surface area contributed by atoms with E-state index in [1.807, 2.05) is 42.7 Å². The molecule has 0 radical (unpaired) electrons. The maximum Gasteiger partial charge on any atom is 0.0963 e. The van der Waals surface area contributed by atoms with Gasteiger partial charge in [-0.05, 0) is 6.07 Å². The Hall–Kier alpha value is -2.13. The molecule has 1 heterocycles. The van der Waals surface area contributed by atoms with Gasteiger partial charge in [0.1, 0.15) is 0 Å². The van der Waals surface area contributed by atoms with Crippen LogP contribution >= 0.6 is 15.9 Å². The Kier molecular flexibility index (Phi) is 4.02. The predicted octanol–water partition coefficient (Wildman–Crippen LogP) is 5.17. The molecule has 0 aliphatic carbocycles. The van der Waals surface area contributed by atoms with Gasteiger partial charge in [-0.1, -0.05) is 70.5 Å². The van der Waals surface area contributed by atoms with Gasteiger partial charge in [-0.15, -0.1) is 6.58 Å². The third kappa shape index (κ3) is 2.69. The highest BCUT2D eigenvalue weighted by Crippen LogP contribution is 2.35. The smallest absolute Gasteiger partial charge is 0.0963 e. The third-order valence-corrected chi connectivity index (χ3v) is 4.03. The molecular weight excluding hydrogens is 324 g/mol.